The molecule has 1 amide bonds. The second-order valence-electron chi connectivity index (χ2n) is 4.08. The Kier molecular flexibility index (Phi) is 5.82. The number of aryl methyl sites for hydroxylation is 1. The van der Waals surface area contributed by atoms with Crippen molar-refractivity contribution in [1.29, 1.82) is 0 Å². The number of thioether (sulfide) groups is 1. The molecular weight excluding hydrogens is 269 g/mol. The van der Waals surface area contributed by atoms with Crippen LogP contribution in [0.4, 0.5) is 4.39 Å². The molecule has 0 bridgehead atoms. The smallest absolute Gasteiger partial charge is 0.326 e. The van der Waals surface area contributed by atoms with Crippen molar-refractivity contribution in [3.05, 3.63) is 35.1 Å². The number of carboxylic acid groups (broad SMARTS) is 1. The highest BCUT2D eigenvalue weighted by Crippen LogP contribution is 2.12. The number of carbonyl (C=O) groups excluding carboxylic acids is 1. The number of nitrogens with one attached hydrogen (secondary N) is 1. The summed E-state index contributed by atoms with van der Waals surface area (Å²) in [6.07, 6.45) is 2.15. The maximum absolute atomic E-state index is 13.7. The predicted octanol–water partition coefficient (Wildman–Crippen LogP) is 2.07. The number of benzene rings is 1. The number of carboxylic acids is 1. The molecule has 0 saturated heterocycles. The van der Waals surface area contributed by atoms with Crippen molar-refractivity contribution < 1.29 is 19.1 Å². The minimum atomic E-state index is -1.12. The molecule has 6 heteroatoms. The van der Waals surface area contributed by atoms with E-state index in [2.05, 4.69) is 5.32 Å². The normalized spacial score (nSPS) is 11.9. The molecule has 0 fully saturated rings. The van der Waals surface area contributed by atoms with Crippen LogP contribution >= 0.6 is 11.8 Å². The van der Waals surface area contributed by atoms with Crippen molar-refractivity contribution in [2.75, 3.05) is 12.0 Å². The Morgan fingerprint density at radius 3 is 2.74 bits per heavy atom. The summed E-state index contributed by atoms with van der Waals surface area (Å²) >= 11 is 1.49. The van der Waals surface area contributed by atoms with Gasteiger partial charge in [0.1, 0.15) is 11.9 Å². The van der Waals surface area contributed by atoms with Gasteiger partial charge in [-0.25, -0.2) is 9.18 Å². The Bertz CT molecular complexity index is 479. The molecule has 0 spiro atoms. The standard InChI is InChI=1S/C13H16FNO3S/c1-8-4-3-5-9(11(8)14)12(16)15-10(13(17)18)6-7-19-2/h3-5,10H,6-7H2,1-2H3,(H,15,16)(H,17,18). The summed E-state index contributed by atoms with van der Waals surface area (Å²) in [4.78, 5) is 22.9. The van der Waals surface area contributed by atoms with Crippen LogP contribution in [0.5, 0.6) is 0 Å². The molecule has 1 atom stereocenters. The molecule has 0 aromatic heterocycles. The Labute approximate surface area is 115 Å². The van der Waals surface area contributed by atoms with E-state index in [9.17, 15) is 14.0 Å². The van der Waals surface area contributed by atoms with E-state index in [1.807, 2.05) is 6.26 Å². The van der Waals surface area contributed by atoms with E-state index in [0.29, 0.717) is 17.7 Å². The summed E-state index contributed by atoms with van der Waals surface area (Å²) in [6, 6.07) is 3.45. The van der Waals surface area contributed by atoms with Crippen LogP contribution in [0.3, 0.4) is 0 Å². The van der Waals surface area contributed by atoms with Crippen LogP contribution in [0.25, 0.3) is 0 Å². The van der Waals surface area contributed by atoms with E-state index in [1.165, 1.54) is 17.8 Å². The van der Waals surface area contributed by atoms with Crippen LogP contribution < -0.4 is 5.32 Å². The van der Waals surface area contributed by atoms with Gasteiger partial charge < -0.3 is 10.4 Å². The zero-order valence-electron chi connectivity index (χ0n) is 10.8. The van der Waals surface area contributed by atoms with Crippen LogP contribution in [-0.4, -0.2) is 35.0 Å². The zero-order valence-corrected chi connectivity index (χ0v) is 11.6. The third kappa shape index (κ3) is 4.24. The first-order chi connectivity index (χ1) is 8.97. The lowest BCUT2D eigenvalue weighted by molar-refractivity contribution is -0.139. The van der Waals surface area contributed by atoms with Gasteiger partial charge in [-0.2, -0.15) is 11.8 Å². The van der Waals surface area contributed by atoms with E-state index in [4.69, 9.17) is 5.11 Å². The fourth-order valence-corrected chi connectivity index (χ4v) is 2.02. The summed E-state index contributed by atoms with van der Waals surface area (Å²) in [5.74, 6) is -1.83. The van der Waals surface area contributed by atoms with E-state index in [-0.39, 0.29) is 5.56 Å². The van der Waals surface area contributed by atoms with Crippen LogP contribution in [-0.2, 0) is 4.79 Å². The Hall–Kier alpha value is -1.56. The van der Waals surface area contributed by atoms with Crippen molar-refractivity contribution in [2.45, 2.75) is 19.4 Å². The van der Waals surface area contributed by atoms with E-state index in [1.54, 1.807) is 19.1 Å². The Morgan fingerprint density at radius 1 is 1.47 bits per heavy atom. The topological polar surface area (TPSA) is 66.4 Å². The number of rotatable bonds is 6. The molecule has 1 aromatic carbocycles. The van der Waals surface area contributed by atoms with Crippen LogP contribution in [0.2, 0.25) is 0 Å². The fourth-order valence-electron chi connectivity index (χ4n) is 1.55. The molecular formula is C13H16FNO3S. The molecule has 0 heterocycles. The van der Waals surface area contributed by atoms with Crippen molar-refractivity contribution in [3.8, 4) is 0 Å². The van der Waals surface area contributed by atoms with Gasteiger partial charge in [0.15, 0.2) is 0 Å². The molecule has 104 valence electrons. The number of amides is 1. The van der Waals surface area contributed by atoms with Crippen LogP contribution in [0.15, 0.2) is 18.2 Å². The SMILES string of the molecule is CSCCC(NC(=O)c1cccc(C)c1F)C(=O)O. The number of hydrogen-bond acceptors (Lipinski definition) is 3. The van der Waals surface area contributed by atoms with Gasteiger partial charge >= 0.3 is 5.97 Å². The van der Waals surface area contributed by atoms with Crippen molar-refractivity contribution in [3.63, 3.8) is 0 Å². The van der Waals surface area contributed by atoms with Crippen LogP contribution in [0.1, 0.15) is 22.3 Å². The Morgan fingerprint density at radius 2 is 2.16 bits per heavy atom. The van der Waals surface area contributed by atoms with Gasteiger partial charge in [-0.3, -0.25) is 4.79 Å². The lowest BCUT2D eigenvalue weighted by Gasteiger charge is -2.14. The lowest BCUT2D eigenvalue weighted by atomic mass is 10.1. The first-order valence-corrected chi connectivity index (χ1v) is 7.14. The third-order valence-corrected chi connectivity index (χ3v) is 3.29. The largest absolute Gasteiger partial charge is 0.480 e. The first-order valence-electron chi connectivity index (χ1n) is 5.75. The average Bonchev–Trinajstić information content (AvgIpc) is 2.37. The number of aliphatic carboxylic acids is 1. The van der Waals surface area contributed by atoms with Crippen molar-refractivity contribution in [2.24, 2.45) is 0 Å². The highest BCUT2D eigenvalue weighted by atomic mass is 32.2. The Balaban J connectivity index is 2.82. The minimum absolute atomic E-state index is 0.129. The van der Waals surface area contributed by atoms with Gasteiger partial charge in [-0.05, 0) is 37.0 Å². The van der Waals surface area contributed by atoms with Crippen LogP contribution in [0, 0.1) is 12.7 Å². The highest BCUT2D eigenvalue weighted by molar-refractivity contribution is 7.98. The van der Waals surface area contributed by atoms with E-state index in [0.717, 1.165) is 0 Å². The van der Waals surface area contributed by atoms with Gasteiger partial charge in [0.2, 0.25) is 0 Å². The quantitative estimate of drug-likeness (QED) is 0.839. The monoisotopic (exact) mass is 285 g/mol. The maximum atomic E-state index is 13.7. The maximum Gasteiger partial charge on any atom is 0.326 e. The minimum Gasteiger partial charge on any atom is -0.480 e. The first kappa shape index (κ1) is 15.5. The molecule has 0 aliphatic heterocycles. The molecule has 19 heavy (non-hydrogen) atoms. The van der Waals surface area contributed by atoms with Gasteiger partial charge in [-0.1, -0.05) is 12.1 Å². The summed E-state index contributed by atoms with van der Waals surface area (Å²) < 4.78 is 13.7. The number of halogens is 1. The molecule has 0 aliphatic carbocycles. The van der Waals surface area contributed by atoms with Gasteiger partial charge in [-0.15, -0.1) is 0 Å². The van der Waals surface area contributed by atoms with E-state index >= 15 is 0 Å². The summed E-state index contributed by atoms with van der Waals surface area (Å²) in [5, 5.41) is 11.3. The zero-order chi connectivity index (χ0) is 14.4. The molecule has 1 unspecified atom stereocenters. The van der Waals surface area contributed by atoms with Crippen molar-refractivity contribution >= 4 is 23.6 Å². The number of hydrogen-bond donors (Lipinski definition) is 2. The molecule has 1 rings (SSSR count). The third-order valence-electron chi connectivity index (χ3n) is 2.65. The van der Waals surface area contributed by atoms with Crippen molar-refractivity contribution in [1.82, 2.24) is 5.32 Å². The second-order valence-corrected chi connectivity index (χ2v) is 5.07. The summed E-state index contributed by atoms with van der Waals surface area (Å²) in [5.41, 5.74) is 0.221. The second kappa shape index (κ2) is 7.13. The summed E-state index contributed by atoms with van der Waals surface area (Å²) in [6.45, 7) is 1.55. The molecule has 0 saturated carbocycles. The van der Waals surface area contributed by atoms with Gasteiger partial charge in [0.05, 0.1) is 5.56 Å². The molecule has 2 N–H and O–H groups in total. The van der Waals surface area contributed by atoms with Gasteiger partial charge in [0, 0.05) is 0 Å². The molecule has 0 aliphatic rings. The molecule has 1 aromatic rings. The summed E-state index contributed by atoms with van der Waals surface area (Å²) in [7, 11) is 0. The number of carbonyl (C=O) groups is 2. The fraction of sp³-hybridized carbons (Fsp3) is 0.385. The molecule has 4 nitrogen and oxygen atoms in total. The molecule has 0 radical (unpaired) electrons. The highest BCUT2D eigenvalue weighted by Gasteiger charge is 2.22. The van der Waals surface area contributed by atoms with E-state index < -0.39 is 23.7 Å². The lowest BCUT2D eigenvalue weighted by Crippen LogP contribution is -2.41. The predicted molar refractivity (Wildman–Crippen MR) is 73.0 cm³/mol. The average molecular weight is 285 g/mol. The van der Waals surface area contributed by atoms with Gasteiger partial charge in [0.25, 0.3) is 5.91 Å².